The van der Waals surface area contributed by atoms with Crippen molar-refractivity contribution in [2.24, 2.45) is 5.73 Å². The molecule has 1 heterocycles. The number of ketones is 1. The van der Waals surface area contributed by atoms with Gasteiger partial charge in [-0.25, -0.2) is 0 Å². The zero-order valence-corrected chi connectivity index (χ0v) is 6.87. The van der Waals surface area contributed by atoms with Crippen LogP contribution in [-0.4, -0.2) is 30.5 Å². The quantitative estimate of drug-likeness (QED) is 0.696. The molecule has 0 aromatic heterocycles. The Morgan fingerprint density at radius 2 is 2.38 bits per heavy atom. The van der Waals surface area contributed by atoms with Gasteiger partial charge in [-0.1, -0.05) is 0 Å². The van der Waals surface area contributed by atoms with Crippen LogP contribution in [0.15, 0.2) is 12.0 Å². The Balaban J connectivity index is 2.66. The molecule has 0 saturated heterocycles. The summed E-state index contributed by atoms with van der Waals surface area (Å²) in [7, 11) is 0. The van der Waals surface area contributed by atoms with E-state index >= 15 is 0 Å². The average Bonchev–Trinajstić information content (AvgIpc) is 2.08. The Kier molecular flexibility index (Phi) is 3.18. The minimum atomic E-state index is -2.96. The topological polar surface area (TPSA) is 55.6 Å². The molecule has 0 radical (unpaired) electrons. The lowest BCUT2D eigenvalue weighted by Gasteiger charge is -2.23. The van der Waals surface area contributed by atoms with Crippen LogP contribution in [0.5, 0.6) is 0 Å². The number of alkyl halides is 2. The Hall–Kier alpha value is -1.17. The van der Waals surface area contributed by atoms with E-state index in [4.69, 9.17) is 5.73 Å². The minimum absolute atomic E-state index is 0.162. The van der Waals surface area contributed by atoms with Gasteiger partial charge in [0, 0.05) is 19.2 Å². The first-order chi connectivity index (χ1) is 6.13. The fraction of sp³-hybridized carbons (Fsp3) is 0.571. The number of rotatable bonds is 3. The fourth-order valence-electron chi connectivity index (χ4n) is 1.01. The molecule has 2 N–H and O–H groups in total. The highest BCUT2D eigenvalue weighted by Gasteiger charge is 2.21. The van der Waals surface area contributed by atoms with Gasteiger partial charge in [-0.05, 0) is 0 Å². The van der Waals surface area contributed by atoms with E-state index in [9.17, 15) is 13.6 Å². The normalized spacial score (nSPS) is 17.7. The second-order valence-corrected chi connectivity index (χ2v) is 2.54. The maximum absolute atomic E-state index is 11.8. The third kappa shape index (κ3) is 2.66. The Labute approximate surface area is 73.9 Å². The van der Waals surface area contributed by atoms with E-state index in [0.29, 0.717) is 6.54 Å². The highest BCUT2D eigenvalue weighted by molar-refractivity contribution is 5.94. The molecule has 0 aromatic carbocycles. The van der Waals surface area contributed by atoms with Crippen LogP contribution < -0.4 is 5.73 Å². The number of hydrogen-bond donors (Lipinski definition) is 1. The molecule has 1 aliphatic rings. The summed E-state index contributed by atoms with van der Waals surface area (Å²) in [5, 5.41) is 0. The first-order valence-corrected chi connectivity index (χ1v) is 3.77. The van der Waals surface area contributed by atoms with Crippen molar-refractivity contribution >= 4 is 5.78 Å². The summed E-state index contributed by atoms with van der Waals surface area (Å²) in [4.78, 5) is 12.5. The molecule has 0 fully saturated rings. The van der Waals surface area contributed by atoms with E-state index in [0.717, 1.165) is 0 Å². The van der Waals surface area contributed by atoms with Crippen LogP contribution in [0.1, 0.15) is 6.42 Å². The van der Waals surface area contributed by atoms with Crippen LogP contribution in [0.4, 0.5) is 8.78 Å². The first kappa shape index (κ1) is 9.91. The Morgan fingerprint density at radius 1 is 1.69 bits per heavy atom. The van der Waals surface area contributed by atoms with E-state index in [-0.39, 0.29) is 18.8 Å². The summed E-state index contributed by atoms with van der Waals surface area (Å²) >= 11 is 0. The van der Waals surface area contributed by atoms with Crippen molar-refractivity contribution in [2.45, 2.75) is 13.0 Å². The molecule has 1 aliphatic heterocycles. The molecule has 0 bridgehead atoms. The van der Waals surface area contributed by atoms with Crippen molar-refractivity contribution < 1.29 is 18.3 Å². The van der Waals surface area contributed by atoms with Crippen molar-refractivity contribution in [1.82, 2.24) is 4.90 Å². The maximum atomic E-state index is 11.8. The lowest BCUT2D eigenvalue weighted by molar-refractivity contribution is -0.135. The zero-order valence-electron chi connectivity index (χ0n) is 6.87. The highest BCUT2D eigenvalue weighted by atomic mass is 19.3. The summed E-state index contributed by atoms with van der Waals surface area (Å²) in [5.74, 6) is -0.725. The minimum Gasteiger partial charge on any atom is -0.429 e. The molecule has 0 unspecified atom stereocenters. The number of halogens is 2. The van der Waals surface area contributed by atoms with Crippen LogP contribution in [0.25, 0.3) is 0 Å². The number of nitrogens with zero attached hydrogens (tertiary/aromatic N) is 1. The van der Waals surface area contributed by atoms with Gasteiger partial charge in [0.1, 0.15) is 0 Å². The monoisotopic (exact) mass is 192 g/mol. The van der Waals surface area contributed by atoms with Gasteiger partial charge < -0.3 is 15.4 Å². The van der Waals surface area contributed by atoms with Crippen molar-refractivity contribution in [1.29, 1.82) is 0 Å². The second-order valence-electron chi connectivity index (χ2n) is 2.54. The smallest absolute Gasteiger partial charge is 0.387 e. The molecule has 4 nitrogen and oxygen atoms in total. The molecule has 0 aliphatic carbocycles. The van der Waals surface area contributed by atoms with Gasteiger partial charge in [-0.2, -0.15) is 8.78 Å². The summed E-state index contributed by atoms with van der Waals surface area (Å²) in [6.45, 7) is -2.33. The molecule has 0 atom stereocenters. The summed E-state index contributed by atoms with van der Waals surface area (Å²) in [5.41, 5.74) is 5.27. The lowest BCUT2D eigenvalue weighted by atomic mass is 10.2. The summed E-state index contributed by atoms with van der Waals surface area (Å²) < 4.78 is 27.5. The van der Waals surface area contributed by atoms with E-state index in [1.807, 2.05) is 0 Å². The SMILES string of the molecule is NCN1C=C(OC(F)F)C(=O)CC1. The van der Waals surface area contributed by atoms with Crippen LogP contribution in [0.3, 0.4) is 0 Å². The molecule has 0 aromatic rings. The predicted molar refractivity (Wildman–Crippen MR) is 40.6 cm³/mol. The largest absolute Gasteiger partial charge is 0.429 e. The van der Waals surface area contributed by atoms with Crippen LogP contribution >= 0.6 is 0 Å². The summed E-state index contributed by atoms with van der Waals surface area (Å²) in [6.07, 6.45) is 1.38. The number of carbonyl (C=O) groups excluding carboxylic acids is 1. The molecule has 0 amide bonds. The summed E-state index contributed by atoms with van der Waals surface area (Å²) in [6, 6.07) is 0. The maximum Gasteiger partial charge on any atom is 0.387 e. The zero-order chi connectivity index (χ0) is 9.84. The van der Waals surface area contributed by atoms with E-state index in [1.165, 1.54) is 6.20 Å². The Bertz CT molecular complexity index is 231. The third-order valence-corrected chi connectivity index (χ3v) is 1.65. The molecular formula is C7H10F2N2O2. The fourth-order valence-corrected chi connectivity index (χ4v) is 1.01. The highest BCUT2D eigenvalue weighted by Crippen LogP contribution is 2.14. The lowest BCUT2D eigenvalue weighted by Crippen LogP contribution is -2.33. The van der Waals surface area contributed by atoms with Gasteiger partial charge in [-0.15, -0.1) is 0 Å². The van der Waals surface area contributed by atoms with Crippen LogP contribution in [0, 0.1) is 0 Å². The van der Waals surface area contributed by atoms with E-state index < -0.39 is 12.4 Å². The van der Waals surface area contributed by atoms with Gasteiger partial charge in [0.25, 0.3) is 0 Å². The molecular weight excluding hydrogens is 182 g/mol. The van der Waals surface area contributed by atoms with E-state index in [1.54, 1.807) is 4.90 Å². The van der Waals surface area contributed by atoms with Crippen LogP contribution in [-0.2, 0) is 9.53 Å². The number of ether oxygens (including phenoxy) is 1. The Morgan fingerprint density at radius 3 is 2.92 bits per heavy atom. The molecule has 1 rings (SSSR count). The number of nitrogens with two attached hydrogens (primary N) is 1. The van der Waals surface area contributed by atoms with Crippen molar-refractivity contribution in [3.05, 3.63) is 12.0 Å². The van der Waals surface area contributed by atoms with Crippen molar-refractivity contribution in [3.8, 4) is 0 Å². The standard InChI is InChI=1S/C7H10F2N2O2/c8-7(9)13-6-3-11(4-10)2-1-5(6)12/h3,7H,1-2,4,10H2. The molecule has 13 heavy (non-hydrogen) atoms. The molecule has 0 spiro atoms. The third-order valence-electron chi connectivity index (χ3n) is 1.65. The van der Waals surface area contributed by atoms with Crippen molar-refractivity contribution in [2.75, 3.05) is 13.2 Å². The van der Waals surface area contributed by atoms with Gasteiger partial charge in [0.15, 0.2) is 5.76 Å². The van der Waals surface area contributed by atoms with Gasteiger partial charge >= 0.3 is 6.61 Å². The number of Topliss-reactive ketones (excluding diaryl/α,β-unsaturated/α-hetero) is 1. The average molecular weight is 192 g/mol. The second kappa shape index (κ2) is 4.18. The first-order valence-electron chi connectivity index (χ1n) is 3.77. The van der Waals surface area contributed by atoms with Crippen molar-refractivity contribution in [3.63, 3.8) is 0 Å². The molecule has 74 valence electrons. The van der Waals surface area contributed by atoms with Gasteiger partial charge in [-0.3, -0.25) is 4.79 Å². The van der Waals surface area contributed by atoms with Crippen LogP contribution in [0.2, 0.25) is 0 Å². The number of hydrogen-bond acceptors (Lipinski definition) is 4. The molecule has 0 saturated carbocycles. The van der Waals surface area contributed by atoms with E-state index in [2.05, 4.69) is 4.74 Å². The predicted octanol–water partition coefficient (Wildman–Crippen LogP) is 0.258. The van der Waals surface area contributed by atoms with Gasteiger partial charge in [0.2, 0.25) is 5.78 Å². The number of carbonyl (C=O) groups is 1. The number of allylic oxidation sites excluding steroid dienone is 1. The molecule has 6 heteroatoms. The van der Waals surface area contributed by atoms with Gasteiger partial charge in [0.05, 0.1) is 6.67 Å².